The van der Waals surface area contributed by atoms with Crippen molar-refractivity contribution in [2.75, 3.05) is 25.0 Å². The highest BCUT2D eigenvalue weighted by atomic mass is 15.2. The SMILES string of the molecule is Cc1cnc(N(C)[C@@H]2CC[C@@H]3CN(Cc4nccn4C(C)C)C[C@@H]32)cn1. The van der Waals surface area contributed by atoms with E-state index in [9.17, 15) is 0 Å². The van der Waals surface area contributed by atoms with Crippen LogP contribution in [0.4, 0.5) is 5.82 Å². The van der Waals surface area contributed by atoms with Gasteiger partial charge in [-0.3, -0.25) is 9.88 Å². The van der Waals surface area contributed by atoms with Crippen LogP contribution in [-0.2, 0) is 6.54 Å². The summed E-state index contributed by atoms with van der Waals surface area (Å²) in [6, 6.07) is 1.03. The van der Waals surface area contributed by atoms with E-state index >= 15 is 0 Å². The zero-order chi connectivity index (χ0) is 18.3. The lowest BCUT2D eigenvalue weighted by Crippen LogP contribution is -2.38. The topological polar surface area (TPSA) is 50.1 Å². The van der Waals surface area contributed by atoms with E-state index < -0.39 is 0 Å². The standard InChI is InChI=1S/C20H30N6/c1-14(2)26-8-7-21-20(26)13-25-11-16-5-6-18(17(16)12-25)24(4)19-10-22-15(3)9-23-19/h7-10,14,16-18H,5-6,11-13H2,1-4H3/t16-,17+,18-/m1/s1. The van der Waals surface area contributed by atoms with E-state index in [0.717, 1.165) is 30.5 Å². The van der Waals surface area contributed by atoms with E-state index in [2.05, 4.69) is 56.4 Å². The normalized spacial score (nSPS) is 25.8. The number of imidazole rings is 1. The number of hydrogen-bond acceptors (Lipinski definition) is 5. The Morgan fingerprint density at radius 3 is 2.73 bits per heavy atom. The van der Waals surface area contributed by atoms with Crippen LogP contribution in [0.1, 0.15) is 44.2 Å². The number of rotatable bonds is 5. The van der Waals surface area contributed by atoms with E-state index in [1.807, 2.05) is 25.5 Å². The van der Waals surface area contributed by atoms with Gasteiger partial charge >= 0.3 is 0 Å². The van der Waals surface area contributed by atoms with Crippen molar-refractivity contribution in [3.8, 4) is 0 Å². The van der Waals surface area contributed by atoms with Crippen LogP contribution >= 0.6 is 0 Å². The summed E-state index contributed by atoms with van der Waals surface area (Å²) in [5.74, 6) is 3.69. The molecule has 2 aliphatic rings. The minimum absolute atomic E-state index is 0.466. The lowest BCUT2D eigenvalue weighted by molar-refractivity contribution is 0.283. The fourth-order valence-electron chi connectivity index (χ4n) is 4.81. The Morgan fingerprint density at radius 2 is 2.00 bits per heavy atom. The van der Waals surface area contributed by atoms with Crippen LogP contribution in [0.15, 0.2) is 24.8 Å². The molecule has 3 heterocycles. The van der Waals surface area contributed by atoms with Gasteiger partial charge in [0.15, 0.2) is 0 Å². The highest BCUT2D eigenvalue weighted by Crippen LogP contribution is 2.41. The second kappa shape index (κ2) is 6.99. The predicted molar refractivity (Wildman–Crippen MR) is 103 cm³/mol. The Bertz CT molecular complexity index is 737. The highest BCUT2D eigenvalue weighted by molar-refractivity contribution is 5.37. The number of aromatic nitrogens is 4. The van der Waals surface area contributed by atoms with E-state index in [4.69, 9.17) is 0 Å². The molecule has 0 bridgehead atoms. The van der Waals surface area contributed by atoms with Crippen LogP contribution in [-0.4, -0.2) is 50.6 Å². The average molecular weight is 355 g/mol. The molecule has 0 N–H and O–H groups in total. The molecular weight excluding hydrogens is 324 g/mol. The molecule has 2 fully saturated rings. The van der Waals surface area contributed by atoms with Crippen molar-refractivity contribution in [3.63, 3.8) is 0 Å². The molecule has 1 aliphatic heterocycles. The molecule has 2 aromatic heterocycles. The van der Waals surface area contributed by atoms with Gasteiger partial charge in [0.25, 0.3) is 0 Å². The molecule has 0 spiro atoms. The third kappa shape index (κ3) is 3.22. The minimum Gasteiger partial charge on any atom is -0.355 e. The summed E-state index contributed by atoms with van der Waals surface area (Å²) in [6.07, 6.45) is 10.4. The van der Waals surface area contributed by atoms with Crippen molar-refractivity contribution in [1.82, 2.24) is 24.4 Å². The molecular formula is C20H30N6. The summed E-state index contributed by atoms with van der Waals surface area (Å²) in [5.41, 5.74) is 0.971. The monoisotopic (exact) mass is 354 g/mol. The molecule has 2 aromatic rings. The third-order valence-electron chi connectivity index (χ3n) is 6.19. The zero-order valence-electron chi connectivity index (χ0n) is 16.3. The Hall–Kier alpha value is -1.95. The molecule has 0 amide bonds. The van der Waals surface area contributed by atoms with Gasteiger partial charge in [-0.15, -0.1) is 0 Å². The summed E-state index contributed by atoms with van der Waals surface area (Å²) in [7, 11) is 2.18. The largest absolute Gasteiger partial charge is 0.355 e. The summed E-state index contributed by atoms with van der Waals surface area (Å²) in [5, 5.41) is 0. The molecule has 0 radical (unpaired) electrons. The third-order valence-corrected chi connectivity index (χ3v) is 6.19. The van der Waals surface area contributed by atoms with Crippen molar-refractivity contribution in [2.45, 2.75) is 52.2 Å². The molecule has 1 aliphatic carbocycles. The van der Waals surface area contributed by atoms with Gasteiger partial charge in [0, 0.05) is 44.6 Å². The quantitative estimate of drug-likeness (QED) is 0.826. The summed E-state index contributed by atoms with van der Waals surface area (Å²) in [4.78, 5) is 18.6. The van der Waals surface area contributed by atoms with Gasteiger partial charge in [-0.25, -0.2) is 9.97 Å². The van der Waals surface area contributed by atoms with E-state index in [-0.39, 0.29) is 0 Å². The van der Waals surface area contributed by atoms with Gasteiger partial charge < -0.3 is 9.47 Å². The number of likely N-dealkylation sites (tertiary alicyclic amines) is 1. The molecule has 140 valence electrons. The molecule has 1 saturated carbocycles. The Kier molecular flexibility index (Phi) is 4.69. The van der Waals surface area contributed by atoms with Gasteiger partial charge in [0.2, 0.25) is 0 Å². The summed E-state index contributed by atoms with van der Waals surface area (Å²) in [6.45, 7) is 9.73. The highest BCUT2D eigenvalue weighted by Gasteiger charge is 2.44. The number of nitrogens with zero attached hydrogens (tertiary/aromatic N) is 6. The maximum atomic E-state index is 4.60. The molecule has 6 heteroatoms. The first kappa shape index (κ1) is 17.5. The lowest BCUT2D eigenvalue weighted by Gasteiger charge is -2.30. The van der Waals surface area contributed by atoms with Gasteiger partial charge in [-0.05, 0) is 45.4 Å². The average Bonchev–Trinajstić information content (AvgIpc) is 3.30. The van der Waals surface area contributed by atoms with Crippen molar-refractivity contribution in [1.29, 1.82) is 0 Å². The maximum absolute atomic E-state index is 4.60. The van der Waals surface area contributed by atoms with Gasteiger partial charge in [-0.2, -0.15) is 0 Å². The molecule has 6 nitrogen and oxygen atoms in total. The second-order valence-electron chi connectivity index (χ2n) is 8.23. The van der Waals surface area contributed by atoms with Crippen molar-refractivity contribution < 1.29 is 0 Å². The van der Waals surface area contributed by atoms with E-state index in [1.54, 1.807) is 0 Å². The lowest BCUT2D eigenvalue weighted by atomic mass is 9.97. The van der Waals surface area contributed by atoms with Crippen LogP contribution in [0.25, 0.3) is 0 Å². The first-order chi connectivity index (χ1) is 12.5. The number of fused-ring (bicyclic) bond motifs is 1. The fourth-order valence-corrected chi connectivity index (χ4v) is 4.81. The number of anilines is 1. The van der Waals surface area contributed by atoms with Crippen molar-refractivity contribution in [2.24, 2.45) is 11.8 Å². The van der Waals surface area contributed by atoms with E-state index in [0.29, 0.717) is 18.0 Å². The van der Waals surface area contributed by atoms with Crippen LogP contribution in [0.3, 0.4) is 0 Å². The first-order valence-corrected chi connectivity index (χ1v) is 9.78. The van der Waals surface area contributed by atoms with Gasteiger partial charge in [-0.1, -0.05) is 0 Å². The first-order valence-electron chi connectivity index (χ1n) is 9.78. The molecule has 26 heavy (non-hydrogen) atoms. The number of hydrogen-bond donors (Lipinski definition) is 0. The maximum Gasteiger partial charge on any atom is 0.147 e. The molecule has 3 atom stereocenters. The minimum atomic E-state index is 0.466. The van der Waals surface area contributed by atoms with Gasteiger partial charge in [0.1, 0.15) is 11.6 Å². The molecule has 0 aromatic carbocycles. The van der Waals surface area contributed by atoms with Crippen LogP contribution in [0, 0.1) is 18.8 Å². The van der Waals surface area contributed by atoms with Crippen molar-refractivity contribution >= 4 is 5.82 Å². The summed E-state index contributed by atoms with van der Waals surface area (Å²) < 4.78 is 2.29. The summed E-state index contributed by atoms with van der Waals surface area (Å²) >= 11 is 0. The predicted octanol–water partition coefficient (Wildman–Crippen LogP) is 2.91. The van der Waals surface area contributed by atoms with Crippen molar-refractivity contribution in [3.05, 3.63) is 36.3 Å². The molecule has 0 unspecified atom stereocenters. The Labute approximate surface area is 156 Å². The van der Waals surface area contributed by atoms with Crippen LogP contribution in [0.5, 0.6) is 0 Å². The van der Waals surface area contributed by atoms with E-state index in [1.165, 1.54) is 25.2 Å². The molecule has 4 rings (SSSR count). The Balaban J connectivity index is 1.43. The second-order valence-corrected chi connectivity index (χ2v) is 8.23. The van der Waals surface area contributed by atoms with Crippen LogP contribution < -0.4 is 4.90 Å². The van der Waals surface area contributed by atoms with Gasteiger partial charge in [0.05, 0.1) is 24.6 Å². The fraction of sp³-hybridized carbons (Fsp3) is 0.650. The van der Waals surface area contributed by atoms with Crippen LogP contribution in [0.2, 0.25) is 0 Å². The smallest absolute Gasteiger partial charge is 0.147 e. The zero-order valence-corrected chi connectivity index (χ0v) is 16.3. The Morgan fingerprint density at radius 1 is 1.15 bits per heavy atom. The number of aryl methyl sites for hydroxylation is 1. The molecule has 1 saturated heterocycles.